The first-order chi connectivity index (χ1) is 10.1. The van der Waals surface area contributed by atoms with Gasteiger partial charge in [-0.2, -0.15) is 0 Å². The standard InChI is InChI=1S/C15H15N3O3/c1-2-11-3-5-12(6-4-11)16-15(19)17-13-7-9-14(10-8-13)18(20)21/h3-10H,2H2,1H3,(H2,16,17,19). The number of urea groups is 1. The van der Waals surface area contributed by atoms with Crippen molar-refractivity contribution in [1.29, 1.82) is 0 Å². The Hall–Kier alpha value is -2.89. The average molecular weight is 285 g/mol. The minimum absolute atomic E-state index is 0.0175. The van der Waals surface area contributed by atoms with Crippen LogP contribution in [0.3, 0.4) is 0 Å². The van der Waals surface area contributed by atoms with E-state index in [9.17, 15) is 14.9 Å². The zero-order valence-electron chi connectivity index (χ0n) is 11.5. The number of non-ortho nitro benzene ring substituents is 1. The topological polar surface area (TPSA) is 84.3 Å². The monoisotopic (exact) mass is 285 g/mol. The first-order valence-corrected chi connectivity index (χ1v) is 6.50. The van der Waals surface area contributed by atoms with Gasteiger partial charge in [0, 0.05) is 23.5 Å². The molecule has 0 aromatic heterocycles. The zero-order valence-corrected chi connectivity index (χ0v) is 11.5. The molecule has 0 aliphatic heterocycles. The summed E-state index contributed by atoms with van der Waals surface area (Å²) in [7, 11) is 0. The third-order valence-corrected chi connectivity index (χ3v) is 2.96. The lowest BCUT2D eigenvalue weighted by molar-refractivity contribution is -0.384. The fourth-order valence-electron chi connectivity index (χ4n) is 1.78. The Morgan fingerprint density at radius 1 is 1.00 bits per heavy atom. The summed E-state index contributed by atoms with van der Waals surface area (Å²) < 4.78 is 0. The molecule has 0 radical (unpaired) electrons. The van der Waals surface area contributed by atoms with E-state index in [0.717, 1.165) is 6.42 Å². The lowest BCUT2D eigenvalue weighted by Crippen LogP contribution is -2.19. The smallest absolute Gasteiger partial charge is 0.308 e. The van der Waals surface area contributed by atoms with Crippen LogP contribution in [0.25, 0.3) is 0 Å². The molecule has 6 heteroatoms. The molecule has 0 heterocycles. The number of nitro benzene ring substituents is 1. The number of benzene rings is 2. The zero-order chi connectivity index (χ0) is 15.2. The molecule has 0 bridgehead atoms. The van der Waals surface area contributed by atoms with E-state index in [1.54, 1.807) is 0 Å². The molecule has 0 fully saturated rings. The van der Waals surface area contributed by atoms with Crippen molar-refractivity contribution in [2.24, 2.45) is 0 Å². The van der Waals surface area contributed by atoms with Crippen LogP contribution in [0, 0.1) is 10.1 Å². The highest BCUT2D eigenvalue weighted by atomic mass is 16.6. The van der Waals surface area contributed by atoms with Crippen LogP contribution in [0.5, 0.6) is 0 Å². The Morgan fingerprint density at radius 2 is 1.48 bits per heavy atom. The average Bonchev–Trinajstić information content (AvgIpc) is 2.48. The summed E-state index contributed by atoms with van der Waals surface area (Å²) in [4.78, 5) is 21.8. The van der Waals surface area contributed by atoms with Crippen LogP contribution in [0.4, 0.5) is 21.9 Å². The number of carbonyl (C=O) groups is 1. The highest BCUT2D eigenvalue weighted by molar-refractivity contribution is 5.99. The maximum absolute atomic E-state index is 11.8. The number of aryl methyl sites for hydroxylation is 1. The Balaban J connectivity index is 1.95. The Labute approximate surface area is 121 Å². The molecule has 0 unspecified atom stereocenters. The number of rotatable bonds is 4. The van der Waals surface area contributed by atoms with Gasteiger partial charge in [0.1, 0.15) is 0 Å². The maximum atomic E-state index is 11.8. The van der Waals surface area contributed by atoms with E-state index >= 15 is 0 Å². The number of amides is 2. The van der Waals surface area contributed by atoms with E-state index < -0.39 is 11.0 Å². The number of nitrogens with zero attached hydrogens (tertiary/aromatic N) is 1. The van der Waals surface area contributed by atoms with Crippen molar-refractivity contribution in [3.05, 3.63) is 64.2 Å². The largest absolute Gasteiger partial charge is 0.323 e. The van der Waals surface area contributed by atoms with Crippen LogP contribution in [0.2, 0.25) is 0 Å². The van der Waals surface area contributed by atoms with Gasteiger partial charge in [0.05, 0.1) is 4.92 Å². The van der Waals surface area contributed by atoms with E-state index in [4.69, 9.17) is 0 Å². The van der Waals surface area contributed by atoms with Gasteiger partial charge in [-0.1, -0.05) is 19.1 Å². The number of hydrogen-bond donors (Lipinski definition) is 2. The molecule has 108 valence electrons. The molecule has 2 aromatic carbocycles. The van der Waals surface area contributed by atoms with E-state index in [0.29, 0.717) is 11.4 Å². The fourth-order valence-corrected chi connectivity index (χ4v) is 1.78. The van der Waals surface area contributed by atoms with Crippen molar-refractivity contribution in [3.63, 3.8) is 0 Å². The molecule has 6 nitrogen and oxygen atoms in total. The molecular formula is C15H15N3O3. The minimum atomic E-state index is -0.487. The first kappa shape index (κ1) is 14.5. The molecule has 2 aromatic rings. The van der Waals surface area contributed by atoms with Crippen LogP contribution in [0.1, 0.15) is 12.5 Å². The molecule has 0 aliphatic carbocycles. The number of nitrogens with one attached hydrogen (secondary N) is 2. The number of hydrogen-bond acceptors (Lipinski definition) is 3. The highest BCUT2D eigenvalue weighted by Gasteiger charge is 2.06. The predicted molar refractivity (Wildman–Crippen MR) is 81.6 cm³/mol. The van der Waals surface area contributed by atoms with Crippen LogP contribution < -0.4 is 10.6 Å². The number of anilines is 2. The van der Waals surface area contributed by atoms with Crippen LogP contribution in [-0.2, 0) is 6.42 Å². The lowest BCUT2D eigenvalue weighted by atomic mass is 10.1. The van der Waals surface area contributed by atoms with Gasteiger partial charge in [-0.15, -0.1) is 0 Å². The van der Waals surface area contributed by atoms with E-state index in [-0.39, 0.29) is 5.69 Å². The molecule has 2 amide bonds. The van der Waals surface area contributed by atoms with Crippen molar-refractivity contribution in [1.82, 2.24) is 0 Å². The second-order valence-electron chi connectivity index (χ2n) is 4.43. The maximum Gasteiger partial charge on any atom is 0.323 e. The molecule has 0 saturated carbocycles. The molecule has 0 aliphatic rings. The van der Waals surface area contributed by atoms with Crippen molar-refractivity contribution in [2.45, 2.75) is 13.3 Å². The predicted octanol–water partition coefficient (Wildman–Crippen LogP) is 3.80. The van der Waals surface area contributed by atoms with Gasteiger partial charge in [0.2, 0.25) is 0 Å². The third-order valence-electron chi connectivity index (χ3n) is 2.96. The van der Waals surface area contributed by atoms with Crippen molar-refractivity contribution in [2.75, 3.05) is 10.6 Å². The highest BCUT2D eigenvalue weighted by Crippen LogP contribution is 2.16. The van der Waals surface area contributed by atoms with Crippen LogP contribution in [-0.4, -0.2) is 11.0 Å². The fraction of sp³-hybridized carbons (Fsp3) is 0.133. The van der Waals surface area contributed by atoms with Gasteiger partial charge in [-0.05, 0) is 36.2 Å². The number of nitro groups is 1. The second-order valence-corrected chi connectivity index (χ2v) is 4.43. The van der Waals surface area contributed by atoms with Gasteiger partial charge in [-0.3, -0.25) is 10.1 Å². The van der Waals surface area contributed by atoms with Gasteiger partial charge in [0.25, 0.3) is 5.69 Å². The molecule has 2 N–H and O–H groups in total. The van der Waals surface area contributed by atoms with Crippen LogP contribution in [0.15, 0.2) is 48.5 Å². The van der Waals surface area contributed by atoms with Gasteiger partial charge < -0.3 is 10.6 Å². The van der Waals surface area contributed by atoms with E-state index in [2.05, 4.69) is 17.6 Å². The second kappa shape index (κ2) is 6.51. The molecule has 0 atom stereocenters. The summed E-state index contributed by atoms with van der Waals surface area (Å²) in [5.41, 5.74) is 2.35. The quantitative estimate of drug-likeness (QED) is 0.662. The minimum Gasteiger partial charge on any atom is -0.308 e. The third kappa shape index (κ3) is 4.04. The van der Waals surface area contributed by atoms with E-state index in [1.807, 2.05) is 24.3 Å². The molecule has 0 spiro atoms. The normalized spacial score (nSPS) is 9.95. The summed E-state index contributed by atoms with van der Waals surface area (Å²) in [6.45, 7) is 2.06. The summed E-state index contributed by atoms with van der Waals surface area (Å²) in [6, 6.07) is 12.8. The van der Waals surface area contributed by atoms with Crippen molar-refractivity contribution >= 4 is 23.1 Å². The van der Waals surface area contributed by atoms with Gasteiger partial charge >= 0.3 is 6.03 Å². The van der Waals surface area contributed by atoms with Crippen molar-refractivity contribution in [3.8, 4) is 0 Å². The summed E-state index contributed by atoms with van der Waals surface area (Å²) in [6.07, 6.45) is 0.940. The first-order valence-electron chi connectivity index (χ1n) is 6.50. The molecule has 0 saturated heterocycles. The van der Waals surface area contributed by atoms with Crippen molar-refractivity contribution < 1.29 is 9.72 Å². The molecule has 2 rings (SSSR count). The Bertz CT molecular complexity index is 636. The van der Waals surface area contributed by atoms with E-state index in [1.165, 1.54) is 29.8 Å². The van der Waals surface area contributed by atoms with Crippen LogP contribution >= 0.6 is 0 Å². The number of carbonyl (C=O) groups excluding carboxylic acids is 1. The molecule has 21 heavy (non-hydrogen) atoms. The molecular weight excluding hydrogens is 270 g/mol. The van der Waals surface area contributed by atoms with Gasteiger partial charge in [0.15, 0.2) is 0 Å². The summed E-state index contributed by atoms with van der Waals surface area (Å²) in [5, 5.41) is 15.8. The Morgan fingerprint density at radius 3 is 1.90 bits per heavy atom. The van der Waals surface area contributed by atoms with Gasteiger partial charge in [-0.25, -0.2) is 4.79 Å². The lowest BCUT2D eigenvalue weighted by Gasteiger charge is -2.08. The Kier molecular flexibility index (Phi) is 4.50. The SMILES string of the molecule is CCc1ccc(NC(=O)Nc2ccc([N+](=O)[O-])cc2)cc1. The summed E-state index contributed by atoms with van der Waals surface area (Å²) >= 11 is 0. The summed E-state index contributed by atoms with van der Waals surface area (Å²) in [5.74, 6) is 0.